The number of nitrogens with zero attached hydrogens (tertiary/aromatic N) is 1. The van der Waals surface area contributed by atoms with Crippen molar-refractivity contribution in [2.24, 2.45) is 0 Å². The summed E-state index contributed by atoms with van der Waals surface area (Å²) >= 11 is 1.21. The molecular weight excluding hydrogens is 389 g/mol. The first-order valence-corrected chi connectivity index (χ1v) is 10.3. The maximum Gasteiger partial charge on any atom is 0.234 e. The minimum Gasteiger partial charge on any atom is -0.325 e. The summed E-state index contributed by atoms with van der Waals surface area (Å²) in [6, 6.07) is 17.3. The van der Waals surface area contributed by atoms with Crippen molar-refractivity contribution in [3.63, 3.8) is 0 Å². The minimum atomic E-state index is -0.360. The number of nitrogens with one attached hydrogen (secondary N) is 2. The molecule has 29 heavy (non-hydrogen) atoms. The average Bonchev–Trinajstić information content (AvgIpc) is 3.03. The molecule has 7 heteroatoms. The first kappa shape index (κ1) is 20.7. The molecule has 0 aliphatic carbocycles. The van der Waals surface area contributed by atoms with Gasteiger partial charge in [0.15, 0.2) is 0 Å². The lowest BCUT2D eigenvalue weighted by molar-refractivity contribution is -0.114. The van der Waals surface area contributed by atoms with Crippen LogP contribution in [0.3, 0.4) is 0 Å². The Balaban J connectivity index is 1.44. The number of rotatable bonds is 7. The Bertz CT molecular complexity index is 978. The van der Waals surface area contributed by atoms with Crippen LogP contribution in [0.25, 0.3) is 5.69 Å². The molecule has 2 amide bonds. The molecule has 0 fully saturated rings. The van der Waals surface area contributed by atoms with Gasteiger partial charge in [-0.2, -0.15) is 0 Å². The van der Waals surface area contributed by atoms with Crippen LogP contribution < -0.4 is 10.6 Å². The number of aromatic nitrogens is 1. The van der Waals surface area contributed by atoms with Crippen molar-refractivity contribution in [3.05, 3.63) is 77.9 Å². The fourth-order valence-corrected chi connectivity index (χ4v) is 3.55. The third kappa shape index (κ3) is 5.71. The van der Waals surface area contributed by atoms with Gasteiger partial charge in [0.2, 0.25) is 11.8 Å². The van der Waals surface area contributed by atoms with Gasteiger partial charge in [-0.25, -0.2) is 4.39 Å². The molecule has 0 unspecified atom stereocenters. The van der Waals surface area contributed by atoms with E-state index < -0.39 is 0 Å². The van der Waals surface area contributed by atoms with Crippen LogP contribution in [0.4, 0.5) is 15.8 Å². The monoisotopic (exact) mass is 411 g/mol. The standard InChI is InChI=1S/C22H22FN3O2S/c1-15-3-4-16(2)26(15)20-11-9-19(10-12-20)25-22(28)14-29-13-21(27)24-18-7-5-17(23)6-8-18/h3-12H,13-14H2,1-2H3,(H,24,27)(H,25,28). The smallest absolute Gasteiger partial charge is 0.234 e. The third-order valence-electron chi connectivity index (χ3n) is 4.27. The van der Waals surface area contributed by atoms with Gasteiger partial charge in [0.1, 0.15) is 5.82 Å². The van der Waals surface area contributed by atoms with Gasteiger partial charge in [-0.3, -0.25) is 9.59 Å². The van der Waals surface area contributed by atoms with Crippen LogP contribution >= 0.6 is 11.8 Å². The van der Waals surface area contributed by atoms with E-state index in [1.807, 2.05) is 38.1 Å². The van der Waals surface area contributed by atoms with Gasteiger partial charge < -0.3 is 15.2 Å². The highest BCUT2D eigenvalue weighted by Crippen LogP contribution is 2.19. The van der Waals surface area contributed by atoms with E-state index in [2.05, 4.69) is 27.3 Å². The molecular formula is C22H22FN3O2S. The number of carbonyl (C=O) groups is 2. The van der Waals surface area contributed by atoms with Crippen LogP contribution in [0.2, 0.25) is 0 Å². The molecule has 0 radical (unpaired) electrons. The number of amides is 2. The Kier molecular flexibility index (Phi) is 6.72. The van der Waals surface area contributed by atoms with E-state index in [1.165, 1.54) is 36.0 Å². The summed E-state index contributed by atoms with van der Waals surface area (Å²) in [5, 5.41) is 5.49. The van der Waals surface area contributed by atoms with E-state index >= 15 is 0 Å². The molecule has 5 nitrogen and oxygen atoms in total. The van der Waals surface area contributed by atoms with Crippen LogP contribution in [0.5, 0.6) is 0 Å². The number of carbonyl (C=O) groups excluding carboxylic acids is 2. The lowest BCUT2D eigenvalue weighted by Gasteiger charge is -2.11. The summed E-state index contributed by atoms with van der Waals surface area (Å²) in [5.74, 6) is -0.479. The molecule has 2 N–H and O–H groups in total. The average molecular weight is 412 g/mol. The highest BCUT2D eigenvalue weighted by atomic mass is 32.2. The van der Waals surface area contributed by atoms with E-state index in [0.717, 1.165) is 17.1 Å². The first-order valence-electron chi connectivity index (χ1n) is 9.11. The summed E-state index contributed by atoms with van der Waals surface area (Å²) in [5.41, 5.74) is 4.56. The molecule has 150 valence electrons. The summed E-state index contributed by atoms with van der Waals surface area (Å²) < 4.78 is 15.0. The molecule has 2 aromatic carbocycles. The zero-order valence-corrected chi connectivity index (χ0v) is 17.1. The van der Waals surface area contributed by atoms with Crippen molar-refractivity contribution < 1.29 is 14.0 Å². The molecule has 1 heterocycles. The summed E-state index contributed by atoms with van der Waals surface area (Å²) in [6.07, 6.45) is 0. The van der Waals surface area contributed by atoms with Gasteiger partial charge in [0, 0.05) is 28.5 Å². The Morgan fingerprint density at radius 2 is 1.24 bits per heavy atom. The topological polar surface area (TPSA) is 63.1 Å². The molecule has 0 saturated carbocycles. The second-order valence-corrected chi connectivity index (χ2v) is 7.58. The Morgan fingerprint density at radius 1 is 0.793 bits per heavy atom. The van der Waals surface area contributed by atoms with Crippen LogP contribution in [0, 0.1) is 19.7 Å². The molecule has 0 aliphatic rings. The predicted octanol–water partition coefficient (Wildman–Crippen LogP) is 4.54. The molecule has 3 aromatic rings. The van der Waals surface area contributed by atoms with Crippen LogP contribution in [0.15, 0.2) is 60.7 Å². The number of thioether (sulfide) groups is 1. The number of halogens is 1. The molecule has 0 saturated heterocycles. The minimum absolute atomic E-state index is 0.135. The van der Waals surface area contributed by atoms with Crippen LogP contribution in [-0.2, 0) is 9.59 Å². The van der Waals surface area contributed by atoms with Crippen LogP contribution in [-0.4, -0.2) is 27.9 Å². The molecule has 1 aromatic heterocycles. The molecule has 0 spiro atoms. The van der Waals surface area contributed by atoms with Crippen molar-refractivity contribution in [3.8, 4) is 5.69 Å². The van der Waals surface area contributed by atoms with Crippen molar-refractivity contribution in [2.45, 2.75) is 13.8 Å². The van der Waals surface area contributed by atoms with Gasteiger partial charge in [-0.1, -0.05) is 0 Å². The molecule has 0 bridgehead atoms. The van der Waals surface area contributed by atoms with Gasteiger partial charge in [-0.15, -0.1) is 11.8 Å². The molecule has 3 rings (SSSR count). The number of hydrogen-bond donors (Lipinski definition) is 2. The van der Waals surface area contributed by atoms with Crippen LogP contribution in [0.1, 0.15) is 11.4 Å². The zero-order chi connectivity index (χ0) is 20.8. The lowest BCUT2D eigenvalue weighted by atomic mass is 10.2. The van der Waals surface area contributed by atoms with Crippen molar-refractivity contribution >= 4 is 35.0 Å². The van der Waals surface area contributed by atoms with Crippen molar-refractivity contribution in [2.75, 3.05) is 22.1 Å². The molecule has 0 atom stereocenters. The maximum absolute atomic E-state index is 12.9. The van der Waals surface area contributed by atoms with E-state index in [1.54, 1.807) is 0 Å². The van der Waals surface area contributed by atoms with Gasteiger partial charge >= 0.3 is 0 Å². The third-order valence-corrected chi connectivity index (χ3v) is 5.21. The highest BCUT2D eigenvalue weighted by molar-refractivity contribution is 8.00. The van der Waals surface area contributed by atoms with E-state index in [9.17, 15) is 14.0 Å². The summed E-state index contributed by atoms with van der Waals surface area (Å²) in [6.45, 7) is 4.10. The predicted molar refractivity (Wildman–Crippen MR) is 116 cm³/mol. The van der Waals surface area contributed by atoms with Crippen molar-refractivity contribution in [1.29, 1.82) is 0 Å². The van der Waals surface area contributed by atoms with Gasteiger partial charge in [-0.05, 0) is 74.5 Å². The normalized spacial score (nSPS) is 10.6. The highest BCUT2D eigenvalue weighted by Gasteiger charge is 2.08. The second kappa shape index (κ2) is 9.43. The van der Waals surface area contributed by atoms with E-state index in [-0.39, 0.29) is 29.1 Å². The zero-order valence-electron chi connectivity index (χ0n) is 16.2. The Hall–Kier alpha value is -3.06. The lowest BCUT2D eigenvalue weighted by Crippen LogP contribution is -2.18. The second-order valence-electron chi connectivity index (χ2n) is 6.59. The van der Waals surface area contributed by atoms with Gasteiger partial charge in [0.25, 0.3) is 0 Å². The van der Waals surface area contributed by atoms with E-state index in [4.69, 9.17) is 0 Å². The number of anilines is 2. The Labute approximate surface area is 173 Å². The summed E-state index contributed by atoms with van der Waals surface area (Å²) in [7, 11) is 0. The van der Waals surface area contributed by atoms with Gasteiger partial charge in [0.05, 0.1) is 11.5 Å². The van der Waals surface area contributed by atoms with E-state index in [0.29, 0.717) is 11.4 Å². The number of benzene rings is 2. The Morgan fingerprint density at radius 3 is 1.72 bits per heavy atom. The number of hydrogen-bond acceptors (Lipinski definition) is 3. The fraction of sp³-hybridized carbons (Fsp3) is 0.182. The largest absolute Gasteiger partial charge is 0.325 e. The molecule has 0 aliphatic heterocycles. The fourth-order valence-electron chi connectivity index (χ4n) is 2.93. The SMILES string of the molecule is Cc1ccc(C)n1-c1ccc(NC(=O)CSCC(=O)Nc2ccc(F)cc2)cc1. The first-order chi connectivity index (χ1) is 13.9. The maximum atomic E-state index is 12.9. The number of aryl methyl sites for hydroxylation is 2. The quantitative estimate of drug-likeness (QED) is 0.600. The van der Waals surface area contributed by atoms with Crippen molar-refractivity contribution in [1.82, 2.24) is 4.57 Å². The summed E-state index contributed by atoms with van der Waals surface area (Å²) in [4.78, 5) is 24.0.